The first kappa shape index (κ1) is 38.5. The van der Waals surface area contributed by atoms with E-state index in [-0.39, 0.29) is 47.6 Å². The Hall–Kier alpha value is -4.74. The number of alkyl carbamates (subject to hydrolysis) is 2. The monoisotopic (exact) mass is 714 g/mol. The fraction of sp³-hybridized carbons (Fsp3) is 0.550. The molecular weight excluding hydrogens is 660 g/mol. The van der Waals surface area contributed by atoms with Gasteiger partial charge in [0.1, 0.15) is 11.2 Å². The number of hydrogen-bond donors (Lipinski definition) is 4. The average Bonchev–Trinajstić information content (AvgIpc) is 3.99. The lowest BCUT2D eigenvalue weighted by molar-refractivity contribution is -0.123. The van der Waals surface area contributed by atoms with E-state index in [1.54, 1.807) is 12.4 Å². The number of pyridine rings is 2. The average molecular weight is 715 g/mol. The number of amides is 4. The van der Waals surface area contributed by atoms with Crippen LogP contribution in [0.25, 0.3) is 0 Å². The van der Waals surface area contributed by atoms with Crippen molar-refractivity contribution in [2.24, 2.45) is 11.8 Å². The fourth-order valence-electron chi connectivity index (χ4n) is 6.41. The van der Waals surface area contributed by atoms with Gasteiger partial charge in [-0.2, -0.15) is 0 Å². The first-order valence-electron chi connectivity index (χ1n) is 18.4. The Bertz CT molecular complexity index is 1540. The Balaban J connectivity index is 0.000000201. The molecule has 2 saturated carbocycles. The molecule has 4 amide bonds. The van der Waals surface area contributed by atoms with E-state index in [2.05, 4.69) is 31.2 Å². The highest BCUT2D eigenvalue weighted by Crippen LogP contribution is 2.48. The number of ether oxygens (including phenoxy) is 2. The van der Waals surface area contributed by atoms with Gasteiger partial charge in [0.25, 0.3) is 0 Å². The third kappa shape index (κ3) is 11.6. The molecule has 4 bridgehead atoms. The number of carbonyl (C=O) groups is 4. The summed E-state index contributed by atoms with van der Waals surface area (Å²) in [6.45, 7) is 12.3. The van der Waals surface area contributed by atoms with E-state index in [1.807, 2.05) is 90.1 Å². The van der Waals surface area contributed by atoms with Crippen LogP contribution in [0.1, 0.15) is 127 Å². The zero-order chi connectivity index (χ0) is 37.5. The first-order chi connectivity index (χ1) is 24.7. The summed E-state index contributed by atoms with van der Waals surface area (Å²) < 4.78 is 10.8. The summed E-state index contributed by atoms with van der Waals surface area (Å²) >= 11 is 0. The highest BCUT2D eigenvalue weighted by atomic mass is 16.6. The van der Waals surface area contributed by atoms with E-state index >= 15 is 0 Å². The Morgan fingerprint density at radius 1 is 0.654 bits per heavy atom. The lowest BCUT2D eigenvalue weighted by atomic mass is 10.0. The smallest absolute Gasteiger partial charge is 0.408 e. The van der Waals surface area contributed by atoms with Crippen LogP contribution in [-0.4, -0.2) is 58.3 Å². The molecule has 2 aliphatic heterocycles. The van der Waals surface area contributed by atoms with Gasteiger partial charge in [-0.15, -0.1) is 0 Å². The van der Waals surface area contributed by atoms with Gasteiger partial charge >= 0.3 is 12.2 Å². The van der Waals surface area contributed by atoms with E-state index in [4.69, 9.17) is 9.47 Å². The van der Waals surface area contributed by atoms with Crippen LogP contribution in [0, 0.1) is 11.8 Å². The zero-order valence-electron chi connectivity index (χ0n) is 31.2. The van der Waals surface area contributed by atoms with Crippen LogP contribution in [0.15, 0.2) is 61.0 Å². The molecule has 2 aromatic heterocycles. The van der Waals surface area contributed by atoms with Gasteiger partial charge in [-0.05, 0) is 127 Å². The molecule has 280 valence electrons. The van der Waals surface area contributed by atoms with Gasteiger partial charge in [-0.25, -0.2) is 9.59 Å². The van der Waals surface area contributed by atoms with Gasteiger partial charge in [-0.3, -0.25) is 19.6 Å². The van der Waals surface area contributed by atoms with Crippen molar-refractivity contribution in [3.63, 3.8) is 0 Å². The molecule has 2 aromatic rings. The Morgan fingerprint density at radius 3 is 1.44 bits per heavy atom. The minimum atomic E-state index is -0.550. The highest BCUT2D eigenvalue weighted by molar-refractivity contribution is 5.83. The SMILES string of the molecule is CC(C)(C)OC(=O)N[C@H]1C/C=C/CCNC(=O)[C@@H]2C[C@@H]2c2ccnc1c2.CC(C)(C)OC(=O)N[C@H]1C/C=C/CCNC(=O)[C@H]2C[C@H]2c2ccnc1c2. The van der Waals surface area contributed by atoms with E-state index in [9.17, 15) is 19.2 Å². The third-order valence-corrected chi connectivity index (χ3v) is 9.11. The summed E-state index contributed by atoms with van der Waals surface area (Å²) in [4.78, 5) is 57.7. The molecule has 4 N–H and O–H groups in total. The molecule has 6 rings (SSSR count). The first-order valence-corrected chi connectivity index (χ1v) is 18.4. The Labute approximate surface area is 307 Å². The number of carbonyl (C=O) groups excluding carboxylic acids is 4. The molecule has 6 atom stereocenters. The maximum absolute atomic E-state index is 12.2. The molecule has 2 fully saturated rings. The van der Waals surface area contributed by atoms with E-state index in [1.165, 1.54) is 0 Å². The molecule has 0 aromatic carbocycles. The van der Waals surface area contributed by atoms with Crippen LogP contribution in [0.2, 0.25) is 0 Å². The second-order valence-corrected chi connectivity index (χ2v) is 15.9. The van der Waals surface area contributed by atoms with Gasteiger partial charge in [0.2, 0.25) is 11.8 Å². The van der Waals surface area contributed by atoms with E-state index in [0.29, 0.717) is 25.9 Å². The predicted molar refractivity (Wildman–Crippen MR) is 197 cm³/mol. The molecule has 4 heterocycles. The van der Waals surface area contributed by atoms with Crippen molar-refractivity contribution in [3.8, 4) is 0 Å². The van der Waals surface area contributed by atoms with Crippen molar-refractivity contribution < 1.29 is 28.7 Å². The molecule has 4 aliphatic rings. The highest BCUT2D eigenvalue weighted by Gasteiger charge is 2.45. The van der Waals surface area contributed by atoms with Crippen LogP contribution < -0.4 is 21.3 Å². The molecule has 52 heavy (non-hydrogen) atoms. The van der Waals surface area contributed by atoms with Gasteiger partial charge in [-0.1, -0.05) is 24.3 Å². The maximum Gasteiger partial charge on any atom is 0.408 e. The summed E-state index contributed by atoms with van der Waals surface area (Å²) in [5, 5.41) is 11.9. The number of hydrogen-bond acceptors (Lipinski definition) is 8. The summed E-state index contributed by atoms with van der Waals surface area (Å²) in [5.41, 5.74) is 2.70. The van der Waals surface area contributed by atoms with Gasteiger partial charge in [0.05, 0.1) is 23.5 Å². The van der Waals surface area contributed by atoms with E-state index in [0.717, 1.165) is 48.2 Å². The van der Waals surface area contributed by atoms with Crippen molar-refractivity contribution in [3.05, 3.63) is 83.5 Å². The minimum absolute atomic E-state index is 0.0484. The molecule has 0 saturated heterocycles. The van der Waals surface area contributed by atoms with Gasteiger partial charge < -0.3 is 30.7 Å². The topological polar surface area (TPSA) is 161 Å². The van der Waals surface area contributed by atoms with Crippen LogP contribution >= 0.6 is 0 Å². The standard InChI is InChI=1S/2C20H27N3O3/c2*1-20(2,3)26-19(25)23-16-7-5-4-6-9-22-18(24)15-12-14(15)13-8-10-21-17(16)11-13/h2*4-5,8,10-11,14-16H,6-7,9,12H2,1-3H3,(H,22,24)(H,23,25)/b2*5-4+/t14-,15-,16+;14-,15-,16-/m10/s1. The number of fused-ring (bicyclic) bond motifs is 8. The summed E-state index contributed by atoms with van der Waals surface area (Å²) in [6, 6.07) is 7.41. The van der Waals surface area contributed by atoms with E-state index < -0.39 is 23.4 Å². The number of aromatic nitrogens is 2. The summed E-state index contributed by atoms with van der Waals surface area (Å²) in [7, 11) is 0. The third-order valence-electron chi connectivity index (χ3n) is 9.11. The molecular formula is C40H54N6O6. The molecule has 0 unspecified atom stereocenters. The van der Waals surface area contributed by atoms with Gasteiger partial charge in [0.15, 0.2) is 0 Å². The predicted octanol–water partition coefficient (Wildman–Crippen LogP) is 6.43. The second-order valence-electron chi connectivity index (χ2n) is 15.9. The van der Waals surface area contributed by atoms with Crippen molar-refractivity contribution in [1.82, 2.24) is 31.2 Å². The van der Waals surface area contributed by atoms with Crippen LogP contribution in [0.4, 0.5) is 9.59 Å². The van der Waals surface area contributed by atoms with Crippen molar-refractivity contribution in [2.75, 3.05) is 13.1 Å². The van der Waals surface area contributed by atoms with Crippen molar-refractivity contribution in [2.45, 2.75) is 115 Å². The minimum Gasteiger partial charge on any atom is -0.444 e. The number of nitrogens with one attached hydrogen (secondary N) is 4. The Morgan fingerprint density at radius 2 is 1.06 bits per heavy atom. The fourth-order valence-corrected chi connectivity index (χ4v) is 6.41. The molecule has 12 heteroatoms. The number of rotatable bonds is 2. The Kier molecular flexibility index (Phi) is 12.4. The largest absolute Gasteiger partial charge is 0.444 e. The quantitative estimate of drug-likeness (QED) is 0.259. The molecule has 2 aliphatic carbocycles. The van der Waals surface area contributed by atoms with Crippen LogP contribution in [0.5, 0.6) is 0 Å². The lowest BCUT2D eigenvalue weighted by Crippen LogP contribution is -2.35. The second kappa shape index (κ2) is 16.7. The lowest BCUT2D eigenvalue weighted by Gasteiger charge is -2.23. The van der Waals surface area contributed by atoms with Gasteiger partial charge in [0, 0.05) is 37.3 Å². The molecule has 0 spiro atoms. The van der Waals surface area contributed by atoms with Crippen LogP contribution in [-0.2, 0) is 19.1 Å². The molecule has 0 radical (unpaired) electrons. The van der Waals surface area contributed by atoms with Crippen molar-refractivity contribution >= 4 is 24.0 Å². The van der Waals surface area contributed by atoms with Crippen LogP contribution in [0.3, 0.4) is 0 Å². The molecule has 12 nitrogen and oxygen atoms in total. The zero-order valence-corrected chi connectivity index (χ0v) is 31.2. The van der Waals surface area contributed by atoms with Crippen molar-refractivity contribution in [1.29, 1.82) is 0 Å². The maximum atomic E-state index is 12.2. The number of nitrogens with zero attached hydrogens (tertiary/aromatic N) is 2. The summed E-state index contributed by atoms with van der Waals surface area (Å²) in [5.74, 6) is 0.841. The summed E-state index contributed by atoms with van der Waals surface area (Å²) in [6.07, 6.45) is 15.2. The normalized spacial score (nSPS) is 26.9.